The lowest BCUT2D eigenvalue weighted by molar-refractivity contribution is -0.137. The molecule has 0 spiro atoms. The largest absolute Gasteiger partial charge is 0.502 e. The molecule has 8 nitrogen and oxygen atoms in total. The fraction of sp³-hybridized carbons (Fsp3) is 0.278. The van der Waals surface area contributed by atoms with E-state index >= 15 is 0 Å². The second kappa shape index (κ2) is 7.59. The van der Waals surface area contributed by atoms with Gasteiger partial charge < -0.3 is 23.7 Å². The number of carbonyl (C=O) groups is 1. The number of rotatable bonds is 5. The Hall–Kier alpha value is -3.34. The number of hydrogen-bond acceptors (Lipinski definition) is 8. The molecule has 3 aromatic rings. The van der Waals surface area contributed by atoms with Crippen molar-refractivity contribution in [3.8, 4) is 22.8 Å². The van der Waals surface area contributed by atoms with Gasteiger partial charge in [-0.3, -0.25) is 0 Å². The first-order valence-corrected chi connectivity index (χ1v) is 8.08. The van der Waals surface area contributed by atoms with Crippen LogP contribution in [0.2, 0.25) is 0 Å². The summed E-state index contributed by atoms with van der Waals surface area (Å²) in [5, 5.41) is 17.8. The van der Waals surface area contributed by atoms with Crippen molar-refractivity contribution >= 4 is 17.1 Å². The van der Waals surface area contributed by atoms with Crippen LogP contribution < -0.4 is 4.74 Å². The molecule has 154 valence electrons. The number of hydrogen-bond donors (Lipinski definition) is 1. The Kier molecular flexibility index (Phi) is 5.33. The minimum atomic E-state index is -4.58. The molecule has 2 aromatic heterocycles. The molecule has 0 atom stereocenters. The third kappa shape index (κ3) is 3.81. The highest BCUT2D eigenvalue weighted by Crippen LogP contribution is 2.40. The van der Waals surface area contributed by atoms with Gasteiger partial charge in [0.15, 0.2) is 23.6 Å². The van der Waals surface area contributed by atoms with E-state index in [0.717, 1.165) is 19.2 Å². The number of aromatic hydroxyl groups is 1. The van der Waals surface area contributed by atoms with Gasteiger partial charge in [-0.1, -0.05) is 0 Å². The molecule has 1 N–H and O–H groups in total. The molecule has 0 unspecified atom stereocenters. The number of furan rings is 1. The molecule has 0 aliphatic heterocycles. The Morgan fingerprint density at radius 1 is 1.21 bits per heavy atom. The summed E-state index contributed by atoms with van der Waals surface area (Å²) >= 11 is 0. The van der Waals surface area contributed by atoms with Crippen LogP contribution in [0.15, 0.2) is 22.6 Å². The van der Waals surface area contributed by atoms with E-state index in [4.69, 9.17) is 13.9 Å². The van der Waals surface area contributed by atoms with Crippen LogP contribution in [0.25, 0.3) is 22.4 Å². The van der Waals surface area contributed by atoms with Crippen molar-refractivity contribution in [3.05, 3.63) is 35.1 Å². The highest BCUT2D eigenvalue weighted by molar-refractivity contribution is 5.97. The number of halogens is 3. The van der Waals surface area contributed by atoms with Gasteiger partial charge in [-0.2, -0.15) is 13.2 Å². The van der Waals surface area contributed by atoms with E-state index in [-0.39, 0.29) is 40.5 Å². The minimum absolute atomic E-state index is 0.00936. The summed E-state index contributed by atoms with van der Waals surface area (Å²) in [5.74, 6) is -2.06. The summed E-state index contributed by atoms with van der Waals surface area (Å²) in [6, 6.07) is 3.09. The van der Waals surface area contributed by atoms with Crippen LogP contribution in [0.1, 0.15) is 21.7 Å². The second-order valence-corrected chi connectivity index (χ2v) is 5.93. The lowest BCUT2D eigenvalue weighted by Gasteiger charge is -2.16. The molecule has 0 aliphatic carbocycles. The summed E-state index contributed by atoms with van der Waals surface area (Å²) in [6.07, 6.45) is -4.58. The summed E-state index contributed by atoms with van der Waals surface area (Å²) in [5.41, 5.74) is -0.464. The summed E-state index contributed by atoms with van der Waals surface area (Å²) < 4.78 is 59.4. The average molecular weight is 412 g/mol. The Morgan fingerprint density at radius 2 is 1.93 bits per heavy atom. The monoisotopic (exact) mass is 412 g/mol. The molecular formula is C18H15F3N2O6. The first kappa shape index (κ1) is 20.4. The van der Waals surface area contributed by atoms with Crippen LogP contribution in [0.5, 0.6) is 11.5 Å². The molecule has 0 saturated carbocycles. The van der Waals surface area contributed by atoms with E-state index < -0.39 is 29.2 Å². The van der Waals surface area contributed by atoms with Crippen LogP contribution in [0.3, 0.4) is 0 Å². The predicted octanol–water partition coefficient (Wildman–Crippen LogP) is 3.69. The van der Waals surface area contributed by atoms with Gasteiger partial charge in [0.05, 0.1) is 12.7 Å². The highest BCUT2D eigenvalue weighted by Gasteiger charge is 2.33. The first-order valence-electron chi connectivity index (χ1n) is 8.08. The molecule has 2 heterocycles. The number of aryl methyl sites for hydroxylation is 1. The normalized spacial score (nSPS) is 11.7. The van der Waals surface area contributed by atoms with Crippen molar-refractivity contribution in [1.29, 1.82) is 0 Å². The summed E-state index contributed by atoms with van der Waals surface area (Å²) in [7, 11) is 2.43. The maximum atomic E-state index is 13.2. The first-order chi connectivity index (χ1) is 13.7. The zero-order valence-corrected chi connectivity index (χ0v) is 15.5. The van der Waals surface area contributed by atoms with Gasteiger partial charge in [-0.05, 0) is 24.6 Å². The number of benzene rings is 1. The van der Waals surface area contributed by atoms with Crippen molar-refractivity contribution in [2.45, 2.75) is 13.1 Å². The number of methoxy groups -OCH3 is 2. The Balaban J connectivity index is 2.18. The minimum Gasteiger partial charge on any atom is -0.502 e. The van der Waals surface area contributed by atoms with Crippen LogP contribution >= 0.6 is 0 Å². The molecule has 0 bridgehead atoms. The van der Waals surface area contributed by atoms with Crippen LogP contribution in [-0.2, 0) is 15.7 Å². The maximum Gasteiger partial charge on any atom is 0.416 e. The number of ether oxygens (including phenoxy) is 3. The predicted molar refractivity (Wildman–Crippen MR) is 92.5 cm³/mol. The Bertz CT molecular complexity index is 1080. The smallest absolute Gasteiger partial charge is 0.416 e. The number of fused-ring (bicyclic) bond motifs is 1. The molecule has 11 heteroatoms. The SMILES string of the molecule is COCOc1cc(C(F)(F)F)cc(C)c1-c1cc2oc(C(=O)OC)c(O)c2nn1. The van der Waals surface area contributed by atoms with Crippen LogP contribution in [-0.4, -0.2) is 42.3 Å². The quantitative estimate of drug-likeness (QED) is 0.500. The molecule has 0 radical (unpaired) electrons. The fourth-order valence-corrected chi connectivity index (χ4v) is 2.72. The van der Waals surface area contributed by atoms with Crippen LogP contribution in [0, 0.1) is 6.92 Å². The van der Waals surface area contributed by atoms with E-state index in [2.05, 4.69) is 14.9 Å². The van der Waals surface area contributed by atoms with Gasteiger partial charge in [-0.15, -0.1) is 10.2 Å². The third-order valence-corrected chi connectivity index (χ3v) is 4.00. The van der Waals surface area contributed by atoms with Crippen molar-refractivity contribution in [3.63, 3.8) is 0 Å². The maximum absolute atomic E-state index is 13.2. The lowest BCUT2D eigenvalue weighted by Crippen LogP contribution is -2.09. The zero-order valence-electron chi connectivity index (χ0n) is 15.5. The number of nitrogens with zero attached hydrogens (tertiary/aromatic N) is 2. The Labute approximate surface area is 161 Å². The summed E-state index contributed by atoms with van der Waals surface area (Å²) in [4.78, 5) is 11.7. The topological polar surface area (TPSA) is 104 Å². The van der Waals surface area contributed by atoms with Crippen molar-refractivity contribution < 1.29 is 41.7 Å². The molecule has 1 aromatic carbocycles. The van der Waals surface area contributed by atoms with E-state index in [0.29, 0.717) is 0 Å². The van der Waals surface area contributed by atoms with Gasteiger partial charge in [0.25, 0.3) is 5.76 Å². The number of carbonyl (C=O) groups excluding carboxylic acids is 1. The van der Waals surface area contributed by atoms with Gasteiger partial charge >= 0.3 is 12.1 Å². The molecule has 0 fully saturated rings. The lowest BCUT2D eigenvalue weighted by atomic mass is 10.0. The number of alkyl halides is 3. The fourth-order valence-electron chi connectivity index (χ4n) is 2.72. The number of aromatic nitrogens is 2. The van der Waals surface area contributed by atoms with Crippen molar-refractivity contribution in [2.75, 3.05) is 21.0 Å². The molecule has 29 heavy (non-hydrogen) atoms. The van der Waals surface area contributed by atoms with E-state index in [1.54, 1.807) is 0 Å². The molecule has 0 aliphatic rings. The average Bonchev–Trinajstić information content (AvgIpc) is 3.00. The van der Waals surface area contributed by atoms with Gasteiger partial charge in [0.1, 0.15) is 11.4 Å². The summed E-state index contributed by atoms with van der Waals surface area (Å²) in [6.45, 7) is 1.16. The Morgan fingerprint density at radius 3 is 2.55 bits per heavy atom. The molecular weight excluding hydrogens is 397 g/mol. The van der Waals surface area contributed by atoms with E-state index in [9.17, 15) is 23.1 Å². The van der Waals surface area contributed by atoms with E-state index in [1.165, 1.54) is 20.1 Å². The van der Waals surface area contributed by atoms with Gasteiger partial charge in [-0.25, -0.2) is 4.79 Å². The molecule has 0 amide bonds. The van der Waals surface area contributed by atoms with Crippen molar-refractivity contribution in [1.82, 2.24) is 10.2 Å². The highest BCUT2D eigenvalue weighted by atomic mass is 19.4. The third-order valence-electron chi connectivity index (χ3n) is 4.00. The van der Waals surface area contributed by atoms with Gasteiger partial charge in [0.2, 0.25) is 0 Å². The van der Waals surface area contributed by atoms with Crippen LogP contribution in [0.4, 0.5) is 13.2 Å². The second-order valence-electron chi connectivity index (χ2n) is 5.93. The standard InChI is InChI=1S/C18H15F3N2O6/c1-8-4-9(18(19,20)21)5-11(28-7-26-2)13(8)10-6-12-14(23-22-10)15(24)16(29-12)17(25)27-3/h4-6,24H,7H2,1-3H3. The molecule has 3 rings (SSSR count). The molecule has 0 saturated heterocycles. The van der Waals surface area contributed by atoms with Gasteiger partial charge in [0, 0.05) is 18.7 Å². The number of esters is 1. The zero-order chi connectivity index (χ0) is 21.3. The van der Waals surface area contributed by atoms with Crippen molar-refractivity contribution in [2.24, 2.45) is 0 Å². The van der Waals surface area contributed by atoms with E-state index in [1.807, 2.05) is 0 Å².